The fraction of sp³-hybridized carbons (Fsp3) is 0.552. The third kappa shape index (κ3) is 6.03. The molecule has 8 heteroatoms. The molecule has 198 valence electrons. The summed E-state index contributed by atoms with van der Waals surface area (Å²) in [5, 5.41) is 17.2. The Morgan fingerprint density at radius 1 is 1.14 bits per heavy atom. The molecule has 8 nitrogen and oxygen atoms in total. The Balaban J connectivity index is 1.45. The molecule has 1 unspecified atom stereocenters. The number of nitrogens with zero attached hydrogens (tertiary/aromatic N) is 4. The van der Waals surface area contributed by atoms with Crippen LogP contribution in [-0.4, -0.2) is 70.6 Å². The van der Waals surface area contributed by atoms with Crippen molar-refractivity contribution in [3.8, 4) is 28.4 Å². The summed E-state index contributed by atoms with van der Waals surface area (Å²) < 4.78 is 11.4. The summed E-state index contributed by atoms with van der Waals surface area (Å²) in [6.45, 7) is 9.12. The van der Waals surface area contributed by atoms with Gasteiger partial charge >= 0.3 is 0 Å². The summed E-state index contributed by atoms with van der Waals surface area (Å²) in [5.74, 6) is 2.75. The minimum Gasteiger partial charge on any atom is -0.491 e. The van der Waals surface area contributed by atoms with Crippen molar-refractivity contribution in [3.63, 3.8) is 0 Å². The molecule has 1 aliphatic heterocycles. The zero-order valence-electron chi connectivity index (χ0n) is 22.5. The summed E-state index contributed by atoms with van der Waals surface area (Å²) in [4.78, 5) is 12.8. The third-order valence-electron chi connectivity index (χ3n) is 7.69. The number of aromatic nitrogens is 3. The Labute approximate surface area is 219 Å². The topological polar surface area (TPSA) is 96.5 Å². The van der Waals surface area contributed by atoms with E-state index in [4.69, 9.17) is 19.2 Å². The van der Waals surface area contributed by atoms with Crippen LogP contribution in [0, 0.1) is 26.7 Å². The quantitative estimate of drug-likeness (QED) is 0.425. The van der Waals surface area contributed by atoms with Gasteiger partial charge in [-0.2, -0.15) is 0 Å². The number of hydrogen-bond acceptors (Lipinski definition) is 8. The highest BCUT2D eigenvalue weighted by Crippen LogP contribution is 2.35. The average Bonchev–Trinajstić information content (AvgIpc) is 3.69. The molecule has 1 saturated carbocycles. The van der Waals surface area contributed by atoms with E-state index in [1.54, 1.807) is 0 Å². The lowest BCUT2D eigenvalue weighted by molar-refractivity contribution is 0.108. The van der Waals surface area contributed by atoms with E-state index in [2.05, 4.69) is 22.3 Å². The van der Waals surface area contributed by atoms with Crippen molar-refractivity contribution in [2.24, 2.45) is 5.92 Å². The van der Waals surface area contributed by atoms with Gasteiger partial charge in [-0.25, -0.2) is 9.97 Å². The van der Waals surface area contributed by atoms with Gasteiger partial charge in [0.15, 0.2) is 5.82 Å². The van der Waals surface area contributed by atoms with Crippen LogP contribution in [0.1, 0.15) is 48.4 Å². The molecule has 1 atom stereocenters. The van der Waals surface area contributed by atoms with E-state index in [9.17, 15) is 5.11 Å². The molecule has 3 heterocycles. The Bertz CT molecular complexity index is 1190. The number of rotatable bonds is 10. The molecule has 1 saturated heterocycles. The molecule has 1 aliphatic carbocycles. The number of benzene rings is 1. The van der Waals surface area contributed by atoms with Crippen LogP contribution in [0.25, 0.3) is 22.6 Å². The first-order valence-corrected chi connectivity index (χ1v) is 13.5. The van der Waals surface area contributed by atoms with E-state index < -0.39 is 6.10 Å². The van der Waals surface area contributed by atoms with Gasteiger partial charge in [-0.05, 0) is 96.6 Å². The molecule has 1 aromatic carbocycles. The van der Waals surface area contributed by atoms with Gasteiger partial charge in [-0.1, -0.05) is 17.3 Å². The van der Waals surface area contributed by atoms with Gasteiger partial charge in [0.1, 0.15) is 24.2 Å². The predicted molar refractivity (Wildman–Crippen MR) is 144 cm³/mol. The SMILES string of the molecule is CNCC(O)COc1cccc(-c2nc(CC3CCN(C4CC4)CC3)c(C)c(-c3c(C)noc3C)n2)c1. The number of aryl methyl sites for hydroxylation is 2. The number of nitrogens with one attached hydrogen (secondary N) is 1. The molecule has 0 amide bonds. The molecule has 0 bridgehead atoms. The molecule has 3 aromatic rings. The van der Waals surface area contributed by atoms with Crippen molar-refractivity contribution in [2.45, 2.75) is 65.0 Å². The highest BCUT2D eigenvalue weighted by atomic mass is 16.5. The Hall–Kier alpha value is -2.81. The number of aliphatic hydroxyl groups is 1. The van der Waals surface area contributed by atoms with Crippen molar-refractivity contribution >= 4 is 0 Å². The van der Waals surface area contributed by atoms with Gasteiger partial charge in [0.2, 0.25) is 0 Å². The van der Waals surface area contributed by atoms with E-state index >= 15 is 0 Å². The van der Waals surface area contributed by atoms with Gasteiger partial charge in [0.25, 0.3) is 0 Å². The molecular weight excluding hydrogens is 466 g/mol. The molecule has 0 radical (unpaired) electrons. The molecule has 0 spiro atoms. The van der Waals surface area contributed by atoms with Gasteiger partial charge in [-0.3, -0.25) is 0 Å². The standard InChI is InChI=1S/C29H39N5O3/c1-18-26(14-21-10-12-34(13-11-21)23-8-9-23)31-29(32-28(18)27-19(2)33-37-20(27)3)22-6-5-7-25(15-22)36-17-24(35)16-30-4/h5-7,15,21,23-24,30,35H,8-14,16-17H2,1-4H3. The average molecular weight is 506 g/mol. The first-order valence-electron chi connectivity index (χ1n) is 13.5. The van der Waals surface area contributed by atoms with E-state index in [1.807, 2.05) is 45.2 Å². The lowest BCUT2D eigenvalue weighted by Gasteiger charge is -2.32. The van der Waals surface area contributed by atoms with Gasteiger partial charge < -0.3 is 24.6 Å². The number of likely N-dealkylation sites (N-methyl/N-ethyl adjacent to an activating group) is 1. The molecular formula is C29H39N5O3. The number of ether oxygens (including phenoxy) is 1. The summed E-state index contributed by atoms with van der Waals surface area (Å²) >= 11 is 0. The molecule has 2 aromatic heterocycles. The summed E-state index contributed by atoms with van der Waals surface area (Å²) in [6, 6.07) is 8.64. The van der Waals surface area contributed by atoms with E-state index in [0.29, 0.717) is 24.0 Å². The fourth-order valence-corrected chi connectivity index (χ4v) is 5.40. The van der Waals surface area contributed by atoms with Gasteiger partial charge in [-0.15, -0.1) is 0 Å². The van der Waals surface area contributed by atoms with Crippen molar-refractivity contribution in [1.29, 1.82) is 0 Å². The first-order chi connectivity index (χ1) is 17.9. The second-order valence-corrected chi connectivity index (χ2v) is 10.6. The Morgan fingerprint density at radius 3 is 2.59 bits per heavy atom. The highest BCUT2D eigenvalue weighted by molar-refractivity contribution is 5.71. The highest BCUT2D eigenvalue weighted by Gasteiger charge is 2.32. The minimum absolute atomic E-state index is 0.216. The molecule has 37 heavy (non-hydrogen) atoms. The van der Waals surface area contributed by atoms with Crippen LogP contribution in [0.15, 0.2) is 28.8 Å². The smallest absolute Gasteiger partial charge is 0.160 e. The van der Waals surface area contributed by atoms with Crippen LogP contribution < -0.4 is 10.1 Å². The number of aliphatic hydroxyl groups excluding tert-OH is 1. The summed E-state index contributed by atoms with van der Waals surface area (Å²) in [6.07, 6.45) is 5.55. The summed E-state index contributed by atoms with van der Waals surface area (Å²) in [5.41, 5.74) is 5.77. The number of piperidine rings is 1. The molecule has 5 rings (SSSR count). The maximum absolute atomic E-state index is 10.0. The molecule has 2 N–H and O–H groups in total. The summed E-state index contributed by atoms with van der Waals surface area (Å²) in [7, 11) is 1.81. The van der Waals surface area contributed by atoms with Crippen molar-refractivity contribution in [1.82, 2.24) is 25.3 Å². The van der Waals surface area contributed by atoms with Crippen LogP contribution in [0.3, 0.4) is 0 Å². The van der Waals surface area contributed by atoms with Crippen LogP contribution in [0.5, 0.6) is 5.75 Å². The normalized spacial score (nSPS) is 17.8. The Kier molecular flexibility index (Phi) is 7.88. The van der Waals surface area contributed by atoms with Crippen LogP contribution in [-0.2, 0) is 6.42 Å². The minimum atomic E-state index is -0.576. The molecule has 2 fully saturated rings. The van der Waals surface area contributed by atoms with Crippen molar-refractivity contribution < 1.29 is 14.4 Å². The van der Waals surface area contributed by atoms with Crippen molar-refractivity contribution in [3.05, 3.63) is 47.0 Å². The fourth-order valence-electron chi connectivity index (χ4n) is 5.40. The zero-order chi connectivity index (χ0) is 25.9. The second kappa shape index (κ2) is 11.3. The van der Waals surface area contributed by atoms with E-state index in [-0.39, 0.29) is 6.61 Å². The third-order valence-corrected chi connectivity index (χ3v) is 7.69. The van der Waals surface area contributed by atoms with Gasteiger partial charge in [0.05, 0.1) is 17.0 Å². The van der Waals surface area contributed by atoms with Gasteiger partial charge in [0, 0.05) is 23.8 Å². The molecule has 2 aliphatic rings. The van der Waals surface area contributed by atoms with Crippen LogP contribution in [0.4, 0.5) is 0 Å². The number of likely N-dealkylation sites (tertiary alicyclic amines) is 1. The lowest BCUT2D eigenvalue weighted by atomic mass is 9.89. The number of hydrogen-bond donors (Lipinski definition) is 2. The zero-order valence-corrected chi connectivity index (χ0v) is 22.5. The van der Waals surface area contributed by atoms with E-state index in [0.717, 1.165) is 52.0 Å². The maximum atomic E-state index is 10.0. The largest absolute Gasteiger partial charge is 0.491 e. The van der Waals surface area contributed by atoms with Crippen LogP contribution >= 0.6 is 0 Å². The van der Waals surface area contributed by atoms with E-state index in [1.165, 1.54) is 38.8 Å². The predicted octanol–water partition coefficient (Wildman–Crippen LogP) is 4.10. The van der Waals surface area contributed by atoms with Crippen molar-refractivity contribution in [2.75, 3.05) is 33.3 Å². The monoisotopic (exact) mass is 505 g/mol. The van der Waals surface area contributed by atoms with Crippen LogP contribution in [0.2, 0.25) is 0 Å². The first kappa shape index (κ1) is 25.8. The lowest BCUT2D eigenvalue weighted by Crippen LogP contribution is -2.36. The maximum Gasteiger partial charge on any atom is 0.160 e. The second-order valence-electron chi connectivity index (χ2n) is 10.6. The Morgan fingerprint density at radius 2 is 1.92 bits per heavy atom.